The lowest BCUT2D eigenvalue weighted by Gasteiger charge is -2.34. The number of benzene rings is 2. The summed E-state index contributed by atoms with van der Waals surface area (Å²) in [6.07, 6.45) is 3.49. The van der Waals surface area contributed by atoms with E-state index in [1.165, 1.54) is 0 Å². The Balaban J connectivity index is 1.50. The number of piperazine rings is 1. The van der Waals surface area contributed by atoms with E-state index in [4.69, 9.17) is 16.3 Å². The lowest BCUT2D eigenvalue weighted by atomic mass is 10.2. The normalized spacial score (nSPS) is 15.4. The van der Waals surface area contributed by atoms with E-state index in [0.717, 1.165) is 54.6 Å². The molecule has 0 N–H and O–H groups in total. The maximum atomic E-state index is 12.4. The standard InChI is InChI=1S/C21H23ClN2O2/c1-26-19-9-6-17(7-10-19)8-11-21(25)24-14-12-23(13-15-24)16-18-4-2-3-5-20(18)22/h2-11H,12-16H2,1H3/b11-8+. The molecule has 1 heterocycles. The van der Waals surface area contributed by atoms with Crippen LogP contribution in [0.15, 0.2) is 54.6 Å². The van der Waals surface area contributed by atoms with Crippen molar-refractivity contribution in [3.8, 4) is 5.75 Å². The summed E-state index contributed by atoms with van der Waals surface area (Å²) in [7, 11) is 1.64. The number of amides is 1. The number of methoxy groups -OCH3 is 1. The number of hydrogen-bond donors (Lipinski definition) is 0. The molecule has 26 heavy (non-hydrogen) atoms. The van der Waals surface area contributed by atoms with E-state index in [1.54, 1.807) is 13.2 Å². The van der Waals surface area contributed by atoms with Crippen molar-refractivity contribution >= 4 is 23.6 Å². The molecule has 0 aliphatic carbocycles. The summed E-state index contributed by atoms with van der Waals surface area (Å²) in [4.78, 5) is 16.6. The first kappa shape index (κ1) is 18.5. The number of nitrogens with zero attached hydrogens (tertiary/aromatic N) is 2. The smallest absolute Gasteiger partial charge is 0.246 e. The zero-order valence-electron chi connectivity index (χ0n) is 14.9. The number of hydrogen-bond acceptors (Lipinski definition) is 3. The lowest BCUT2D eigenvalue weighted by Crippen LogP contribution is -2.47. The number of rotatable bonds is 5. The Bertz CT molecular complexity index is 766. The molecule has 2 aromatic rings. The van der Waals surface area contributed by atoms with Crippen molar-refractivity contribution in [3.63, 3.8) is 0 Å². The summed E-state index contributed by atoms with van der Waals surface area (Å²) in [6.45, 7) is 4.00. The molecular weight excluding hydrogens is 348 g/mol. The minimum Gasteiger partial charge on any atom is -0.497 e. The van der Waals surface area contributed by atoms with Crippen LogP contribution < -0.4 is 4.74 Å². The Morgan fingerprint density at radius 2 is 1.77 bits per heavy atom. The van der Waals surface area contributed by atoms with Crippen molar-refractivity contribution in [3.05, 3.63) is 70.8 Å². The average Bonchev–Trinajstić information content (AvgIpc) is 2.69. The van der Waals surface area contributed by atoms with Crippen molar-refractivity contribution in [2.45, 2.75) is 6.54 Å². The zero-order chi connectivity index (χ0) is 18.4. The number of halogens is 1. The van der Waals surface area contributed by atoms with E-state index >= 15 is 0 Å². The first-order valence-electron chi connectivity index (χ1n) is 8.72. The second-order valence-electron chi connectivity index (χ2n) is 6.30. The van der Waals surface area contributed by atoms with Gasteiger partial charge in [-0.25, -0.2) is 0 Å². The van der Waals surface area contributed by atoms with Crippen LogP contribution in [0.3, 0.4) is 0 Å². The van der Waals surface area contributed by atoms with Crippen molar-refractivity contribution in [1.29, 1.82) is 0 Å². The predicted molar refractivity (Wildman–Crippen MR) is 105 cm³/mol. The van der Waals surface area contributed by atoms with Gasteiger partial charge in [0.15, 0.2) is 0 Å². The molecule has 0 unspecified atom stereocenters. The Morgan fingerprint density at radius 1 is 1.08 bits per heavy atom. The lowest BCUT2D eigenvalue weighted by molar-refractivity contribution is -0.127. The van der Waals surface area contributed by atoms with Gasteiger partial charge in [-0.15, -0.1) is 0 Å². The van der Waals surface area contributed by atoms with E-state index in [9.17, 15) is 4.79 Å². The van der Waals surface area contributed by atoms with Crippen LogP contribution in [0.25, 0.3) is 6.08 Å². The van der Waals surface area contributed by atoms with Gasteiger partial charge in [0.05, 0.1) is 7.11 Å². The van der Waals surface area contributed by atoms with Crippen LogP contribution in [0.5, 0.6) is 5.75 Å². The van der Waals surface area contributed by atoms with Gasteiger partial charge < -0.3 is 9.64 Å². The van der Waals surface area contributed by atoms with Gasteiger partial charge in [0, 0.05) is 43.8 Å². The fourth-order valence-electron chi connectivity index (χ4n) is 2.98. The molecule has 3 rings (SSSR count). The quantitative estimate of drug-likeness (QED) is 0.752. The van der Waals surface area contributed by atoms with Gasteiger partial charge in [0.2, 0.25) is 5.91 Å². The molecule has 0 spiro atoms. The van der Waals surface area contributed by atoms with Crippen LogP contribution >= 0.6 is 11.6 Å². The molecule has 1 saturated heterocycles. The van der Waals surface area contributed by atoms with Crippen molar-refractivity contribution in [2.75, 3.05) is 33.3 Å². The summed E-state index contributed by atoms with van der Waals surface area (Å²) in [5.41, 5.74) is 2.12. The minimum atomic E-state index is 0.0539. The largest absolute Gasteiger partial charge is 0.497 e. The van der Waals surface area contributed by atoms with Gasteiger partial charge in [0.1, 0.15) is 5.75 Å². The van der Waals surface area contributed by atoms with E-state index in [-0.39, 0.29) is 5.91 Å². The molecule has 0 aromatic heterocycles. The van der Waals surface area contributed by atoms with Crippen LogP contribution in [0.4, 0.5) is 0 Å². The highest BCUT2D eigenvalue weighted by atomic mass is 35.5. The highest BCUT2D eigenvalue weighted by Gasteiger charge is 2.20. The molecular formula is C21H23ClN2O2. The summed E-state index contributed by atoms with van der Waals surface area (Å²) >= 11 is 6.23. The zero-order valence-corrected chi connectivity index (χ0v) is 15.7. The van der Waals surface area contributed by atoms with Gasteiger partial charge in [0.25, 0.3) is 0 Å². The molecule has 5 heteroatoms. The van der Waals surface area contributed by atoms with Crippen molar-refractivity contribution in [2.24, 2.45) is 0 Å². The van der Waals surface area contributed by atoms with Crippen LogP contribution in [0, 0.1) is 0 Å². The summed E-state index contributed by atoms with van der Waals surface area (Å²) in [5, 5.41) is 0.799. The molecule has 4 nitrogen and oxygen atoms in total. The SMILES string of the molecule is COc1ccc(/C=C/C(=O)N2CCN(Cc3ccccc3Cl)CC2)cc1. The molecule has 0 atom stereocenters. The van der Waals surface area contributed by atoms with Gasteiger partial charge in [-0.05, 0) is 35.4 Å². The average molecular weight is 371 g/mol. The second-order valence-corrected chi connectivity index (χ2v) is 6.71. The fraction of sp³-hybridized carbons (Fsp3) is 0.286. The minimum absolute atomic E-state index is 0.0539. The molecule has 1 aliphatic heterocycles. The number of carbonyl (C=O) groups excluding carboxylic acids is 1. The van der Waals surface area contributed by atoms with Gasteiger partial charge in [-0.3, -0.25) is 9.69 Å². The number of carbonyl (C=O) groups is 1. The van der Waals surface area contributed by atoms with Gasteiger partial charge in [-0.1, -0.05) is 41.9 Å². The molecule has 0 bridgehead atoms. The Hall–Kier alpha value is -2.30. The maximum Gasteiger partial charge on any atom is 0.246 e. The molecule has 1 amide bonds. The van der Waals surface area contributed by atoms with Crippen LogP contribution in [-0.2, 0) is 11.3 Å². The van der Waals surface area contributed by atoms with E-state index in [1.807, 2.05) is 53.4 Å². The molecule has 1 fully saturated rings. The van der Waals surface area contributed by atoms with Crippen LogP contribution in [-0.4, -0.2) is 49.0 Å². The summed E-state index contributed by atoms with van der Waals surface area (Å²) in [6, 6.07) is 15.6. The topological polar surface area (TPSA) is 32.8 Å². The highest BCUT2D eigenvalue weighted by molar-refractivity contribution is 6.31. The van der Waals surface area contributed by atoms with Crippen molar-refractivity contribution < 1.29 is 9.53 Å². The van der Waals surface area contributed by atoms with Crippen LogP contribution in [0.2, 0.25) is 5.02 Å². The third kappa shape index (κ3) is 4.87. The van der Waals surface area contributed by atoms with E-state index < -0.39 is 0 Å². The summed E-state index contributed by atoms with van der Waals surface area (Å²) < 4.78 is 5.14. The third-order valence-corrected chi connectivity index (χ3v) is 4.94. The first-order valence-corrected chi connectivity index (χ1v) is 9.10. The molecule has 0 radical (unpaired) electrons. The predicted octanol–water partition coefficient (Wildman–Crippen LogP) is 3.71. The van der Waals surface area contributed by atoms with E-state index in [0.29, 0.717) is 0 Å². The van der Waals surface area contributed by atoms with Gasteiger partial charge in [-0.2, -0.15) is 0 Å². The first-order chi connectivity index (χ1) is 12.7. The Morgan fingerprint density at radius 3 is 2.42 bits per heavy atom. The molecule has 2 aromatic carbocycles. The van der Waals surface area contributed by atoms with Crippen LogP contribution in [0.1, 0.15) is 11.1 Å². The number of ether oxygens (including phenoxy) is 1. The Labute approximate surface area is 159 Å². The maximum absolute atomic E-state index is 12.4. The summed E-state index contributed by atoms with van der Waals surface area (Å²) in [5.74, 6) is 0.862. The fourth-order valence-corrected chi connectivity index (χ4v) is 3.18. The van der Waals surface area contributed by atoms with Crippen molar-refractivity contribution in [1.82, 2.24) is 9.80 Å². The monoisotopic (exact) mass is 370 g/mol. The van der Waals surface area contributed by atoms with Gasteiger partial charge >= 0.3 is 0 Å². The molecule has 1 aliphatic rings. The molecule has 0 saturated carbocycles. The molecule has 136 valence electrons. The highest BCUT2D eigenvalue weighted by Crippen LogP contribution is 2.18. The van der Waals surface area contributed by atoms with E-state index in [2.05, 4.69) is 11.0 Å². The second kappa shape index (κ2) is 8.88. The third-order valence-electron chi connectivity index (χ3n) is 4.57. The Kier molecular flexibility index (Phi) is 6.31.